The number of carboxylic acid groups (broad SMARTS) is 1. The van der Waals surface area contributed by atoms with Gasteiger partial charge >= 0.3 is 5.97 Å². The maximum Gasteiger partial charge on any atom is 0.328 e. The Labute approximate surface area is 104 Å². The Balaban J connectivity index is 3.05. The van der Waals surface area contributed by atoms with E-state index in [1.54, 1.807) is 20.2 Å². The summed E-state index contributed by atoms with van der Waals surface area (Å²) in [5.74, 6) is -1.51. The lowest BCUT2D eigenvalue weighted by atomic mass is 10.1. The van der Waals surface area contributed by atoms with Crippen molar-refractivity contribution in [2.24, 2.45) is 0 Å². The molecular formula is C12H13ClFNO2. The standard InChI is InChI=1S/C12H13ClFNO2/c1-15(2)11(5-6-12(16)17)8-3-4-10(14)9(13)7-8/h3-7,11H,1-2H3,(H,16,17)/b6-5+. The molecule has 0 aromatic heterocycles. The number of carboxylic acids is 1. The van der Waals surface area contributed by atoms with Crippen LogP contribution in [0, 0.1) is 5.82 Å². The minimum Gasteiger partial charge on any atom is -0.478 e. The third kappa shape index (κ3) is 3.84. The van der Waals surface area contributed by atoms with Crippen molar-refractivity contribution in [2.45, 2.75) is 6.04 Å². The molecule has 92 valence electrons. The first-order valence-corrected chi connectivity index (χ1v) is 5.32. The molecule has 0 aliphatic rings. The Hall–Kier alpha value is -1.39. The molecule has 1 aromatic rings. The van der Waals surface area contributed by atoms with E-state index >= 15 is 0 Å². The van der Waals surface area contributed by atoms with E-state index in [1.165, 1.54) is 18.2 Å². The van der Waals surface area contributed by atoms with Gasteiger partial charge in [-0.1, -0.05) is 23.7 Å². The number of hydrogen-bond acceptors (Lipinski definition) is 2. The van der Waals surface area contributed by atoms with Crippen LogP contribution in [0.25, 0.3) is 0 Å². The summed E-state index contributed by atoms with van der Waals surface area (Å²) in [6.07, 6.45) is 2.58. The van der Waals surface area contributed by atoms with E-state index in [0.717, 1.165) is 11.6 Å². The van der Waals surface area contributed by atoms with Crippen molar-refractivity contribution in [3.63, 3.8) is 0 Å². The SMILES string of the molecule is CN(C)C(/C=C/C(=O)O)c1ccc(F)c(Cl)c1. The monoisotopic (exact) mass is 257 g/mol. The van der Waals surface area contributed by atoms with Gasteiger partial charge in [-0.2, -0.15) is 0 Å². The topological polar surface area (TPSA) is 40.5 Å². The summed E-state index contributed by atoms with van der Waals surface area (Å²) >= 11 is 5.69. The zero-order chi connectivity index (χ0) is 13.0. The number of likely N-dealkylation sites (N-methyl/N-ethyl adjacent to an activating group) is 1. The lowest BCUT2D eigenvalue weighted by Gasteiger charge is -2.21. The molecule has 1 rings (SSSR count). The summed E-state index contributed by atoms with van der Waals surface area (Å²) in [6, 6.07) is 4.08. The normalized spacial score (nSPS) is 13.2. The van der Waals surface area contributed by atoms with Crippen molar-refractivity contribution in [3.05, 3.63) is 46.8 Å². The predicted molar refractivity (Wildman–Crippen MR) is 64.6 cm³/mol. The van der Waals surface area contributed by atoms with Gasteiger partial charge in [0.15, 0.2) is 0 Å². The molecule has 0 heterocycles. The molecule has 1 N–H and O–H groups in total. The van der Waals surface area contributed by atoms with Crippen LogP contribution in [-0.4, -0.2) is 30.1 Å². The van der Waals surface area contributed by atoms with Crippen LogP contribution in [0.15, 0.2) is 30.4 Å². The Kier molecular flexibility index (Phi) is 4.66. The number of hydrogen-bond donors (Lipinski definition) is 1. The first-order valence-electron chi connectivity index (χ1n) is 4.94. The fourth-order valence-electron chi connectivity index (χ4n) is 1.45. The van der Waals surface area contributed by atoms with Gasteiger partial charge in [0, 0.05) is 6.08 Å². The molecule has 5 heteroatoms. The largest absolute Gasteiger partial charge is 0.478 e. The van der Waals surface area contributed by atoms with E-state index in [-0.39, 0.29) is 11.1 Å². The first kappa shape index (κ1) is 13.7. The van der Waals surface area contributed by atoms with Crippen LogP contribution >= 0.6 is 11.6 Å². The Morgan fingerprint density at radius 2 is 2.18 bits per heavy atom. The van der Waals surface area contributed by atoms with Crippen LogP contribution in [0.4, 0.5) is 4.39 Å². The van der Waals surface area contributed by atoms with Crippen LogP contribution in [0.3, 0.4) is 0 Å². The van der Waals surface area contributed by atoms with E-state index in [4.69, 9.17) is 16.7 Å². The predicted octanol–water partition coefficient (Wildman–Crippen LogP) is 2.72. The molecule has 0 spiro atoms. The van der Waals surface area contributed by atoms with Crippen molar-refractivity contribution in [3.8, 4) is 0 Å². The maximum absolute atomic E-state index is 13.0. The van der Waals surface area contributed by atoms with Gasteiger partial charge in [0.05, 0.1) is 11.1 Å². The summed E-state index contributed by atoms with van der Waals surface area (Å²) in [4.78, 5) is 12.3. The molecule has 3 nitrogen and oxygen atoms in total. The van der Waals surface area contributed by atoms with Crippen molar-refractivity contribution in [1.29, 1.82) is 0 Å². The Morgan fingerprint density at radius 3 is 2.65 bits per heavy atom. The molecule has 1 atom stereocenters. The van der Waals surface area contributed by atoms with Crippen LogP contribution in [0.5, 0.6) is 0 Å². The highest BCUT2D eigenvalue weighted by atomic mass is 35.5. The minimum absolute atomic E-state index is 0.0260. The minimum atomic E-state index is -1.02. The molecule has 0 fully saturated rings. The van der Waals surface area contributed by atoms with E-state index in [2.05, 4.69) is 0 Å². The van der Waals surface area contributed by atoms with Crippen molar-refractivity contribution >= 4 is 17.6 Å². The second-order valence-corrected chi connectivity index (χ2v) is 4.19. The average Bonchev–Trinajstić information content (AvgIpc) is 2.22. The first-order chi connectivity index (χ1) is 7.91. The van der Waals surface area contributed by atoms with Gasteiger partial charge in [-0.15, -0.1) is 0 Å². The molecular weight excluding hydrogens is 245 g/mol. The molecule has 0 amide bonds. The zero-order valence-corrected chi connectivity index (χ0v) is 10.3. The molecule has 0 aliphatic heterocycles. The van der Waals surface area contributed by atoms with E-state index in [9.17, 15) is 9.18 Å². The van der Waals surface area contributed by atoms with E-state index in [0.29, 0.717) is 0 Å². The Bertz CT molecular complexity index is 446. The number of nitrogens with zero attached hydrogens (tertiary/aromatic N) is 1. The molecule has 0 bridgehead atoms. The summed E-state index contributed by atoms with van der Waals surface area (Å²) in [7, 11) is 3.60. The lowest BCUT2D eigenvalue weighted by molar-refractivity contribution is -0.131. The van der Waals surface area contributed by atoms with Gasteiger partial charge < -0.3 is 5.11 Å². The second kappa shape index (κ2) is 5.80. The van der Waals surface area contributed by atoms with Crippen molar-refractivity contribution < 1.29 is 14.3 Å². The summed E-state index contributed by atoms with van der Waals surface area (Å²) in [6.45, 7) is 0. The molecule has 1 aromatic carbocycles. The summed E-state index contributed by atoms with van der Waals surface area (Å²) in [5, 5.41) is 8.62. The van der Waals surface area contributed by atoms with Gasteiger partial charge in [0.1, 0.15) is 5.82 Å². The third-order valence-electron chi connectivity index (χ3n) is 2.26. The molecule has 0 saturated heterocycles. The summed E-state index contributed by atoms with van der Waals surface area (Å²) in [5.41, 5.74) is 0.735. The molecule has 0 aliphatic carbocycles. The average molecular weight is 258 g/mol. The quantitative estimate of drug-likeness (QED) is 0.843. The molecule has 17 heavy (non-hydrogen) atoms. The highest BCUT2D eigenvalue weighted by molar-refractivity contribution is 6.30. The molecule has 1 unspecified atom stereocenters. The number of rotatable bonds is 4. The highest BCUT2D eigenvalue weighted by Gasteiger charge is 2.12. The maximum atomic E-state index is 13.0. The highest BCUT2D eigenvalue weighted by Crippen LogP contribution is 2.24. The van der Waals surface area contributed by atoms with Crippen molar-refractivity contribution in [2.75, 3.05) is 14.1 Å². The van der Waals surface area contributed by atoms with E-state index in [1.807, 2.05) is 4.90 Å². The van der Waals surface area contributed by atoms with E-state index < -0.39 is 11.8 Å². The molecule has 0 saturated carbocycles. The number of benzene rings is 1. The number of aliphatic carboxylic acids is 1. The van der Waals surface area contributed by atoms with Gasteiger partial charge in [-0.05, 0) is 31.8 Å². The Morgan fingerprint density at radius 1 is 1.53 bits per heavy atom. The lowest BCUT2D eigenvalue weighted by Crippen LogP contribution is -2.18. The summed E-state index contributed by atoms with van der Waals surface area (Å²) < 4.78 is 13.0. The van der Waals surface area contributed by atoms with Gasteiger partial charge in [-0.25, -0.2) is 9.18 Å². The smallest absolute Gasteiger partial charge is 0.328 e. The van der Waals surface area contributed by atoms with Crippen LogP contribution in [-0.2, 0) is 4.79 Å². The third-order valence-corrected chi connectivity index (χ3v) is 2.55. The van der Waals surface area contributed by atoms with Crippen molar-refractivity contribution in [1.82, 2.24) is 4.90 Å². The zero-order valence-electron chi connectivity index (χ0n) is 9.52. The van der Waals surface area contributed by atoms with Crippen LogP contribution < -0.4 is 0 Å². The van der Waals surface area contributed by atoms with Crippen LogP contribution in [0.2, 0.25) is 5.02 Å². The number of carbonyl (C=O) groups is 1. The second-order valence-electron chi connectivity index (χ2n) is 3.78. The number of halogens is 2. The van der Waals surface area contributed by atoms with Gasteiger partial charge in [0.2, 0.25) is 0 Å². The molecule has 0 radical (unpaired) electrons. The van der Waals surface area contributed by atoms with Gasteiger partial charge in [0.25, 0.3) is 0 Å². The fraction of sp³-hybridized carbons (Fsp3) is 0.250. The fourth-order valence-corrected chi connectivity index (χ4v) is 1.64. The van der Waals surface area contributed by atoms with Gasteiger partial charge in [-0.3, -0.25) is 4.90 Å². The van der Waals surface area contributed by atoms with Crippen LogP contribution in [0.1, 0.15) is 11.6 Å².